The number of aryl methyl sites for hydroxylation is 2. The molecule has 0 aromatic carbocycles. The standard InChI is InChI=1S/C47H68N4O4/c1-13-15-17-19-21-28(3)54-46(52)24-40-32(7)44(50-36(40)11)26-42-30(5)38(34(9)48-42)23-39-31(6)43(49-35(39)10)27-45-33(8)41(37(12)51-45)25-47(53)55-29(4)22-20-18-16-14-2/h26-29,50-51H,13-25H2,1-12H3/b42-26-,43-27?/t28-,29-/m1/s1. The molecule has 2 aromatic rings. The summed E-state index contributed by atoms with van der Waals surface area (Å²) < 4.78 is 11.5. The van der Waals surface area contributed by atoms with E-state index in [1.54, 1.807) is 0 Å². The number of carbonyl (C=O) groups excluding carboxylic acids is 2. The second kappa shape index (κ2) is 20.1. The number of rotatable bonds is 20. The maximum atomic E-state index is 12.9. The van der Waals surface area contributed by atoms with E-state index in [0.29, 0.717) is 0 Å². The van der Waals surface area contributed by atoms with Crippen molar-refractivity contribution in [1.29, 1.82) is 0 Å². The number of hydrogen-bond acceptors (Lipinski definition) is 6. The minimum Gasteiger partial charge on any atom is -0.462 e. The molecule has 0 fully saturated rings. The lowest BCUT2D eigenvalue weighted by Gasteiger charge is -2.13. The number of hydrogen-bond donors (Lipinski definition) is 2. The highest BCUT2D eigenvalue weighted by molar-refractivity contribution is 6.09. The van der Waals surface area contributed by atoms with Crippen LogP contribution in [0.5, 0.6) is 0 Å². The fraction of sp³-hybridized carbons (Fsp3) is 0.574. The highest BCUT2D eigenvalue weighted by atomic mass is 16.5. The number of carbonyl (C=O) groups is 2. The van der Waals surface area contributed by atoms with Crippen LogP contribution in [0.3, 0.4) is 0 Å². The third-order valence-electron chi connectivity index (χ3n) is 11.5. The van der Waals surface area contributed by atoms with E-state index in [0.717, 1.165) is 111 Å². The Hall–Kier alpha value is -4.20. The Morgan fingerprint density at radius 1 is 0.600 bits per heavy atom. The lowest BCUT2D eigenvalue weighted by molar-refractivity contribution is -0.148. The molecule has 8 nitrogen and oxygen atoms in total. The number of unbranched alkanes of at least 4 members (excludes halogenated alkanes) is 6. The molecule has 2 aliphatic heterocycles. The molecule has 0 bridgehead atoms. The molecule has 0 aliphatic carbocycles. The highest BCUT2D eigenvalue weighted by Crippen LogP contribution is 2.37. The van der Waals surface area contributed by atoms with Crippen LogP contribution < -0.4 is 0 Å². The van der Waals surface area contributed by atoms with Gasteiger partial charge in [0.15, 0.2) is 0 Å². The van der Waals surface area contributed by atoms with Gasteiger partial charge in [-0.15, -0.1) is 0 Å². The van der Waals surface area contributed by atoms with Crippen molar-refractivity contribution < 1.29 is 19.1 Å². The van der Waals surface area contributed by atoms with Crippen molar-refractivity contribution in [1.82, 2.24) is 9.97 Å². The van der Waals surface area contributed by atoms with Gasteiger partial charge >= 0.3 is 11.9 Å². The molecule has 4 rings (SSSR count). The first-order valence-electron chi connectivity index (χ1n) is 20.8. The van der Waals surface area contributed by atoms with Gasteiger partial charge in [0.05, 0.1) is 36.4 Å². The van der Waals surface area contributed by atoms with E-state index in [1.165, 1.54) is 49.7 Å². The molecule has 2 atom stereocenters. The molecule has 2 aliphatic rings. The van der Waals surface area contributed by atoms with Crippen LogP contribution in [0.15, 0.2) is 43.7 Å². The average molecular weight is 753 g/mol. The SMILES string of the molecule is CCCCCC[C@@H](C)OC(=O)Cc1c(C)[nH]c(C=C2N=C(C)C(CC3=C(C)/C(=C/c4[nH]c(C)c(CC(=O)O[C@H](C)CCCCCC)c4C)N=C3C)=C2C)c1C. The predicted octanol–water partition coefficient (Wildman–Crippen LogP) is 11.8. The summed E-state index contributed by atoms with van der Waals surface area (Å²) in [4.78, 5) is 42.8. The zero-order valence-electron chi connectivity index (χ0n) is 36.0. The molecular formula is C47H68N4O4. The first kappa shape index (κ1) is 43.5. The van der Waals surface area contributed by atoms with Crippen LogP contribution in [-0.2, 0) is 31.9 Å². The summed E-state index contributed by atoms with van der Waals surface area (Å²) >= 11 is 0. The van der Waals surface area contributed by atoms with Gasteiger partial charge in [0.25, 0.3) is 0 Å². The summed E-state index contributed by atoms with van der Waals surface area (Å²) in [7, 11) is 0. The lowest BCUT2D eigenvalue weighted by Crippen LogP contribution is -2.17. The number of aromatic nitrogens is 2. The monoisotopic (exact) mass is 753 g/mol. The van der Waals surface area contributed by atoms with E-state index in [4.69, 9.17) is 19.5 Å². The van der Waals surface area contributed by atoms with Crippen molar-refractivity contribution in [2.45, 2.75) is 179 Å². The van der Waals surface area contributed by atoms with Gasteiger partial charge in [-0.1, -0.05) is 52.4 Å². The largest absolute Gasteiger partial charge is 0.462 e. The maximum Gasteiger partial charge on any atom is 0.310 e. The number of nitrogens with zero attached hydrogens (tertiary/aromatic N) is 2. The van der Waals surface area contributed by atoms with E-state index < -0.39 is 0 Å². The summed E-state index contributed by atoms with van der Waals surface area (Å²) in [5.74, 6) is -0.349. The van der Waals surface area contributed by atoms with Crippen molar-refractivity contribution >= 4 is 35.5 Å². The quantitative estimate of drug-likeness (QED) is 0.104. The van der Waals surface area contributed by atoms with Crippen LogP contribution in [0.1, 0.15) is 171 Å². The first-order chi connectivity index (χ1) is 26.1. The Morgan fingerprint density at radius 3 is 1.35 bits per heavy atom. The summed E-state index contributed by atoms with van der Waals surface area (Å²) in [5, 5.41) is 0. The van der Waals surface area contributed by atoms with Gasteiger partial charge in [0.1, 0.15) is 0 Å². The van der Waals surface area contributed by atoms with E-state index in [9.17, 15) is 9.59 Å². The number of allylic oxidation sites excluding steroid dienone is 4. The summed E-state index contributed by atoms with van der Waals surface area (Å²) in [6.07, 6.45) is 16.5. The molecule has 300 valence electrons. The van der Waals surface area contributed by atoms with Gasteiger partial charge in [0.2, 0.25) is 0 Å². The zero-order valence-corrected chi connectivity index (χ0v) is 36.0. The smallest absolute Gasteiger partial charge is 0.310 e. The van der Waals surface area contributed by atoms with E-state index in [-0.39, 0.29) is 37.0 Å². The first-order valence-corrected chi connectivity index (χ1v) is 20.8. The number of H-pyrrole nitrogens is 2. The van der Waals surface area contributed by atoms with Gasteiger partial charge in [-0.05, 0) is 152 Å². The number of esters is 2. The fourth-order valence-electron chi connectivity index (χ4n) is 7.87. The minimum atomic E-state index is -0.175. The van der Waals surface area contributed by atoms with Crippen LogP contribution in [0.25, 0.3) is 12.2 Å². The van der Waals surface area contributed by atoms with Gasteiger partial charge in [-0.25, -0.2) is 0 Å². The molecule has 8 heteroatoms. The molecular weight excluding hydrogens is 685 g/mol. The molecule has 0 spiro atoms. The minimum absolute atomic E-state index is 0.0676. The molecule has 0 saturated carbocycles. The van der Waals surface area contributed by atoms with Crippen LogP contribution in [0, 0.1) is 27.7 Å². The molecule has 0 unspecified atom stereocenters. The number of ether oxygens (including phenoxy) is 2. The maximum absolute atomic E-state index is 12.9. The summed E-state index contributed by atoms with van der Waals surface area (Å²) in [5.41, 5.74) is 16.6. The Morgan fingerprint density at radius 2 is 0.982 bits per heavy atom. The van der Waals surface area contributed by atoms with Gasteiger partial charge in [-0.2, -0.15) is 0 Å². The number of aromatic amines is 2. The van der Waals surface area contributed by atoms with Crippen molar-refractivity contribution in [2.75, 3.05) is 0 Å². The third kappa shape index (κ3) is 11.4. The highest BCUT2D eigenvalue weighted by Gasteiger charge is 2.26. The molecule has 55 heavy (non-hydrogen) atoms. The Kier molecular flexibility index (Phi) is 15.9. The second-order valence-corrected chi connectivity index (χ2v) is 16.0. The van der Waals surface area contributed by atoms with Gasteiger partial charge in [-0.3, -0.25) is 19.6 Å². The van der Waals surface area contributed by atoms with Crippen molar-refractivity contribution in [3.63, 3.8) is 0 Å². The number of aliphatic imine (C=N–C) groups is 2. The van der Waals surface area contributed by atoms with Crippen LogP contribution in [-0.4, -0.2) is 45.5 Å². The molecule has 0 radical (unpaired) electrons. The van der Waals surface area contributed by atoms with E-state index in [2.05, 4.69) is 77.5 Å². The Bertz CT molecular complexity index is 1770. The third-order valence-corrected chi connectivity index (χ3v) is 11.5. The molecule has 0 saturated heterocycles. The van der Waals surface area contributed by atoms with E-state index >= 15 is 0 Å². The zero-order chi connectivity index (χ0) is 40.4. The lowest BCUT2D eigenvalue weighted by atomic mass is 9.93. The predicted molar refractivity (Wildman–Crippen MR) is 229 cm³/mol. The van der Waals surface area contributed by atoms with Crippen molar-refractivity contribution in [2.24, 2.45) is 9.98 Å². The number of nitrogens with one attached hydrogen (secondary N) is 2. The summed E-state index contributed by atoms with van der Waals surface area (Å²) in [6, 6.07) is 0. The van der Waals surface area contributed by atoms with Crippen LogP contribution in [0.4, 0.5) is 0 Å². The average Bonchev–Trinajstić information content (AvgIpc) is 3.74. The van der Waals surface area contributed by atoms with Crippen molar-refractivity contribution in [3.8, 4) is 0 Å². The van der Waals surface area contributed by atoms with Crippen LogP contribution in [0.2, 0.25) is 0 Å². The van der Waals surface area contributed by atoms with Gasteiger partial charge in [0, 0.05) is 40.6 Å². The molecule has 2 N–H and O–H groups in total. The molecule has 0 amide bonds. The second-order valence-electron chi connectivity index (χ2n) is 16.0. The Balaban J connectivity index is 1.46. The Labute approximate surface area is 331 Å². The topological polar surface area (TPSA) is 109 Å². The normalized spacial score (nSPS) is 17.1. The fourth-order valence-corrected chi connectivity index (χ4v) is 7.87. The van der Waals surface area contributed by atoms with Gasteiger partial charge < -0.3 is 19.4 Å². The molecule has 2 aromatic heterocycles. The molecule has 4 heterocycles. The van der Waals surface area contributed by atoms with Crippen LogP contribution >= 0.6 is 0 Å². The summed E-state index contributed by atoms with van der Waals surface area (Å²) in [6.45, 7) is 25.0. The van der Waals surface area contributed by atoms with E-state index in [1.807, 2.05) is 27.7 Å². The van der Waals surface area contributed by atoms with Crippen molar-refractivity contribution in [3.05, 3.63) is 78.7 Å².